The summed E-state index contributed by atoms with van der Waals surface area (Å²) in [6, 6.07) is 76.2. The fourth-order valence-electron chi connectivity index (χ4n) is 9.49. The first-order valence-corrected chi connectivity index (χ1v) is 21.0. The lowest BCUT2D eigenvalue weighted by Gasteiger charge is -2.21. The summed E-state index contributed by atoms with van der Waals surface area (Å²) >= 11 is -2.15. The third kappa shape index (κ3) is 4.98. The molecule has 252 valence electrons. The van der Waals surface area contributed by atoms with E-state index >= 15 is 0 Å². The van der Waals surface area contributed by atoms with Crippen LogP contribution >= 0.6 is 0 Å². The van der Waals surface area contributed by atoms with E-state index in [1.165, 1.54) is 110 Å². The highest BCUT2D eigenvalue weighted by Crippen LogP contribution is 2.31. The van der Waals surface area contributed by atoms with Crippen LogP contribution in [0.5, 0.6) is 0 Å². The fourth-order valence-corrected chi connectivity index (χ4v) is 13.1. The standard InChI is InChI=1S/3C18H11.Al/c3*1-2-6-14-10-18-12-16-8-4-3-7-15(16)11-17(18)9-13(14)5-1;/h3*1-7,9-12H;. The summed E-state index contributed by atoms with van der Waals surface area (Å²) < 4.78 is 4.39. The van der Waals surface area contributed by atoms with Crippen LogP contribution in [-0.2, 0) is 0 Å². The number of fused-ring (bicyclic) bond motifs is 9. The first-order valence-electron chi connectivity index (χ1n) is 19.3. The lowest BCUT2D eigenvalue weighted by molar-refractivity contribution is 1.77. The van der Waals surface area contributed by atoms with E-state index in [-0.39, 0.29) is 0 Å². The summed E-state index contributed by atoms with van der Waals surface area (Å²) in [5.74, 6) is 0. The van der Waals surface area contributed by atoms with Gasteiger partial charge in [-0.15, -0.1) is 0 Å². The molecule has 0 N–H and O–H groups in total. The summed E-state index contributed by atoms with van der Waals surface area (Å²) in [5, 5.41) is 23.4. The number of rotatable bonds is 3. The number of benzene rings is 12. The maximum Gasteiger partial charge on any atom is 0.386 e. The third-order valence-corrected chi connectivity index (χ3v) is 15.5. The summed E-state index contributed by atoms with van der Waals surface area (Å²) in [6.45, 7) is 0. The molecule has 0 spiro atoms. The highest BCUT2D eigenvalue weighted by molar-refractivity contribution is 6.99. The smallest absolute Gasteiger partial charge is 0.0910 e. The van der Waals surface area contributed by atoms with Crippen LogP contribution in [-0.4, -0.2) is 14.1 Å². The Morgan fingerprint density at radius 1 is 0.182 bits per heavy atom. The molecule has 1 heteroatoms. The number of hydrogen-bond acceptors (Lipinski definition) is 0. The Kier molecular flexibility index (Phi) is 6.75. The molecule has 0 amide bonds. The Morgan fingerprint density at radius 3 is 0.673 bits per heavy atom. The van der Waals surface area contributed by atoms with Crippen molar-refractivity contribution in [3.63, 3.8) is 0 Å². The molecule has 55 heavy (non-hydrogen) atoms. The Morgan fingerprint density at radius 2 is 0.400 bits per heavy atom. The zero-order valence-electron chi connectivity index (χ0n) is 30.1. The van der Waals surface area contributed by atoms with Gasteiger partial charge in [-0.2, -0.15) is 0 Å². The van der Waals surface area contributed by atoms with Crippen molar-refractivity contribution in [1.82, 2.24) is 0 Å². The second kappa shape index (κ2) is 12.0. The normalized spacial score (nSPS) is 12.0. The van der Waals surface area contributed by atoms with Gasteiger partial charge in [-0.05, 0) is 170 Å². The van der Waals surface area contributed by atoms with E-state index in [4.69, 9.17) is 0 Å². The van der Waals surface area contributed by atoms with Gasteiger partial charge in [0.2, 0.25) is 0 Å². The minimum Gasteiger partial charge on any atom is -0.0910 e. The maximum atomic E-state index is 2.48. The molecule has 0 aliphatic rings. The zero-order chi connectivity index (χ0) is 36.0. The second-order valence-corrected chi connectivity index (χ2v) is 18.1. The molecule has 0 aromatic heterocycles. The Bertz CT molecular complexity index is 3180. The third-order valence-electron chi connectivity index (χ3n) is 12.1. The van der Waals surface area contributed by atoms with Crippen LogP contribution in [0, 0.1) is 0 Å². The molecule has 12 aromatic carbocycles. The van der Waals surface area contributed by atoms with E-state index in [1.807, 2.05) is 0 Å². The van der Waals surface area contributed by atoms with Gasteiger partial charge in [0.05, 0.1) is 0 Å². The quantitative estimate of drug-likeness (QED) is 0.127. The van der Waals surface area contributed by atoms with Crippen molar-refractivity contribution < 1.29 is 0 Å². The molecule has 0 aliphatic carbocycles. The van der Waals surface area contributed by atoms with Crippen molar-refractivity contribution in [1.29, 1.82) is 0 Å². The molecule has 0 nitrogen and oxygen atoms in total. The Labute approximate surface area is 322 Å². The molecule has 12 rings (SSSR count). The van der Waals surface area contributed by atoms with Crippen molar-refractivity contribution in [2.45, 2.75) is 0 Å². The molecule has 0 radical (unpaired) electrons. The van der Waals surface area contributed by atoms with E-state index in [0.717, 1.165) is 0 Å². The van der Waals surface area contributed by atoms with Crippen molar-refractivity contribution in [3.05, 3.63) is 200 Å². The van der Waals surface area contributed by atoms with E-state index in [1.54, 1.807) is 0 Å². The van der Waals surface area contributed by atoms with Crippen LogP contribution in [0.25, 0.3) is 97.0 Å². The van der Waals surface area contributed by atoms with Crippen LogP contribution in [0.4, 0.5) is 0 Å². The minimum absolute atomic E-state index is 1.28. The Balaban J connectivity index is 1.18. The van der Waals surface area contributed by atoms with E-state index in [9.17, 15) is 0 Å². The lowest BCUT2D eigenvalue weighted by atomic mass is 9.99. The molecule has 0 saturated carbocycles. The monoisotopic (exact) mass is 708 g/mol. The van der Waals surface area contributed by atoms with Crippen molar-refractivity contribution in [2.24, 2.45) is 0 Å². The molecule has 0 saturated heterocycles. The summed E-state index contributed by atoms with van der Waals surface area (Å²) in [6.07, 6.45) is 0. The van der Waals surface area contributed by atoms with Gasteiger partial charge in [0, 0.05) is 0 Å². The van der Waals surface area contributed by atoms with Crippen LogP contribution < -0.4 is 13.3 Å². The van der Waals surface area contributed by atoms with Gasteiger partial charge in [-0.25, -0.2) is 0 Å². The van der Waals surface area contributed by atoms with Gasteiger partial charge < -0.3 is 0 Å². The average molecular weight is 709 g/mol. The predicted molar refractivity (Wildman–Crippen MR) is 242 cm³/mol. The topological polar surface area (TPSA) is 0 Å². The van der Waals surface area contributed by atoms with Crippen molar-refractivity contribution in [2.75, 3.05) is 0 Å². The highest BCUT2D eigenvalue weighted by Gasteiger charge is 2.30. The lowest BCUT2D eigenvalue weighted by Crippen LogP contribution is -2.52. The predicted octanol–water partition coefficient (Wildman–Crippen LogP) is 12.6. The summed E-state index contributed by atoms with van der Waals surface area (Å²) in [5.41, 5.74) is 0. The largest absolute Gasteiger partial charge is 0.386 e. The molecule has 0 aliphatic heterocycles. The molecular formula is C54H33Al. The van der Waals surface area contributed by atoms with E-state index in [0.29, 0.717) is 0 Å². The highest BCUT2D eigenvalue weighted by atomic mass is 27.2. The number of hydrogen-bond donors (Lipinski definition) is 0. The molecular weight excluding hydrogens is 676 g/mol. The first-order chi connectivity index (χ1) is 27.2. The van der Waals surface area contributed by atoms with Gasteiger partial charge >= 0.3 is 14.1 Å². The SMILES string of the molecule is c1ccc2cc3cc4[c]([Al]([c]5cccc6cc7cc8ccccc8cc7cc56)[c]5cccc6cc7cc8ccccc8cc7cc56)cccc4cc3cc2c1. The van der Waals surface area contributed by atoms with Crippen LogP contribution in [0.15, 0.2) is 200 Å². The van der Waals surface area contributed by atoms with Gasteiger partial charge in [0.1, 0.15) is 0 Å². The summed E-state index contributed by atoms with van der Waals surface area (Å²) in [7, 11) is 0. The van der Waals surface area contributed by atoms with Crippen LogP contribution in [0.2, 0.25) is 0 Å². The van der Waals surface area contributed by atoms with Gasteiger partial charge in [0.25, 0.3) is 0 Å². The van der Waals surface area contributed by atoms with Gasteiger partial charge in [-0.3, -0.25) is 0 Å². The van der Waals surface area contributed by atoms with Gasteiger partial charge in [-0.1, -0.05) is 141 Å². The first kappa shape index (κ1) is 30.9. The fraction of sp³-hybridized carbons (Fsp3) is 0. The van der Waals surface area contributed by atoms with Crippen molar-refractivity contribution >= 4 is 124 Å². The minimum atomic E-state index is -2.15. The van der Waals surface area contributed by atoms with Gasteiger partial charge in [0.15, 0.2) is 0 Å². The molecule has 0 bridgehead atoms. The molecule has 12 aromatic rings. The van der Waals surface area contributed by atoms with Crippen molar-refractivity contribution in [3.8, 4) is 0 Å². The summed E-state index contributed by atoms with van der Waals surface area (Å²) in [4.78, 5) is 0. The molecule has 0 atom stereocenters. The molecule has 0 unspecified atom stereocenters. The molecule has 0 heterocycles. The average Bonchev–Trinajstić information content (AvgIpc) is 3.22. The second-order valence-electron chi connectivity index (χ2n) is 15.3. The van der Waals surface area contributed by atoms with Crippen LogP contribution in [0.3, 0.4) is 0 Å². The Hall–Kier alpha value is -6.49. The van der Waals surface area contributed by atoms with Crippen LogP contribution in [0.1, 0.15) is 0 Å². The van der Waals surface area contributed by atoms with E-state index < -0.39 is 14.1 Å². The van der Waals surface area contributed by atoms with E-state index in [2.05, 4.69) is 200 Å². The zero-order valence-corrected chi connectivity index (χ0v) is 31.3. The molecule has 0 fully saturated rings. The maximum absolute atomic E-state index is 2.48.